The van der Waals surface area contributed by atoms with Crippen LogP contribution in [0.5, 0.6) is 5.75 Å². The Balaban J connectivity index is 0.000000531. The van der Waals surface area contributed by atoms with E-state index in [9.17, 15) is 0 Å². The number of aromatic amines is 1. The van der Waals surface area contributed by atoms with E-state index in [1.807, 2.05) is 19.9 Å². The second-order valence-electron chi connectivity index (χ2n) is 2.80. The zero-order chi connectivity index (χ0) is 11.3. The van der Waals surface area contributed by atoms with Crippen LogP contribution in [0.15, 0.2) is 12.3 Å². The summed E-state index contributed by atoms with van der Waals surface area (Å²) in [5, 5.41) is 7.68. The predicted octanol–water partition coefficient (Wildman–Crippen LogP) is 2.56. The highest BCUT2D eigenvalue weighted by molar-refractivity contribution is 5.81. The van der Waals surface area contributed by atoms with E-state index in [1.54, 1.807) is 13.3 Å². The van der Waals surface area contributed by atoms with Crippen molar-refractivity contribution >= 4 is 11.0 Å². The van der Waals surface area contributed by atoms with Gasteiger partial charge in [0.05, 0.1) is 18.7 Å². The molecule has 2 aromatic heterocycles. The Morgan fingerprint density at radius 2 is 2.13 bits per heavy atom. The van der Waals surface area contributed by atoms with Gasteiger partial charge in [-0.2, -0.15) is 5.10 Å². The van der Waals surface area contributed by atoms with Gasteiger partial charge in [-0.1, -0.05) is 20.8 Å². The molecule has 0 aliphatic carbocycles. The Labute approximate surface area is 89.7 Å². The van der Waals surface area contributed by atoms with E-state index in [2.05, 4.69) is 22.1 Å². The van der Waals surface area contributed by atoms with Crippen molar-refractivity contribution in [3.8, 4) is 5.75 Å². The number of hydrogen-bond donors (Lipinski definition) is 1. The van der Waals surface area contributed by atoms with Gasteiger partial charge in [0.15, 0.2) is 5.65 Å². The maximum atomic E-state index is 5.23. The van der Waals surface area contributed by atoms with Crippen LogP contribution in [0.1, 0.15) is 26.5 Å². The highest BCUT2D eigenvalue weighted by Crippen LogP contribution is 2.23. The number of aryl methyl sites for hydroxylation is 1. The van der Waals surface area contributed by atoms with Crippen molar-refractivity contribution in [1.82, 2.24) is 15.2 Å². The van der Waals surface area contributed by atoms with Crippen molar-refractivity contribution in [3.63, 3.8) is 0 Å². The zero-order valence-corrected chi connectivity index (χ0v) is 9.66. The third-order valence-corrected chi connectivity index (χ3v) is 2.02. The first kappa shape index (κ1) is 11.5. The fourth-order valence-electron chi connectivity index (χ4n) is 1.30. The monoisotopic (exact) mass is 207 g/mol. The van der Waals surface area contributed by atoms with E-state index in [0.29, 0.717) is 0 Å². The molecule has 15 heavy (non-hydrogen) atoms. The molecule has 2 heterocycles. The van der Waals surface area contributed by atoms with Gasteiger partial charge in [0.2, 0.25) is 0 Å². The van der Waals surface area contributed by atoms with Crippen LogP contribution in [-0.2, 0) is 6.42 Å². The summed E-state index contributed by atoms with van der Waals surface area (Å²) < 4.78 is 5.23. The molecular weight excluding hydrogens is 190 g/mol. The number of nitrogens with one attached hydrogen (secondary N) is 1. The van der Waals surface area contributed by atoms with Crippen molar-refractivity contribution in [2.24, 2.45) is 0 Å². The van der Waals surface area contributed by atoms with Crippen LogP contribution >= 0.6 is 0 Å². The third kappa shape index (κ3) is 2.26. The highest BCUT2D eigenvalue weighted by Gasteiger charge is 2.05. The van der Waals surface area contributed by atoms with Crippen LogP contribution in [-0.4, -0.2) is 22.3 Å². The molecule has 82 valence electrons. The largest absolute Gasteiger partial charge is 0.496 e. The minimum Gasteiger partial charge on any atom is -0.496 e. The smallest absolute Gasteiger partial charge is 0.159 e. The number of nitrogens with zero attached hydrogens (tertiary/aromatic N) is 2. The molecule has 0 radical (unpaired) electrons. The fourth-order valence-corrected chi connectivity index (χ4v) is 1.30. The number of fused-ring (bicyclic) bond motifs is 1. The number of methoxy groups -OCH3 is 1. The topological polar surface area (TPSA) is 50.8 Å². The number of hydrogen-bond acceptors (Lipinski definition) is 3. The maximum absolute atomic E-state index is 5.23. The summed E-state index contributed by atoms with van der Waals surface area (Å²) in [5.74, 6) is 0.829. The van der Waals surface area contributed by atoms with E-state index in [4.69, 9.17) is 4.74 Å². The summed E-state index contributed by atoms with van der Waals surface area (Å²) in [6.45, 7) is 6.06. The predicted molar refractivity (Wildman–Crippen MR) is 61.2 cm³/mol. The van der Waals surface area contributed by atoms with Crippen molar-refractivity contribution in [3.05, 3.63) is 18.0 Å². The number of rotatable bonds is 2. The molecule has 0 fully saturated rings. The lowest BCUT2D eigenvalue weighted by Gasteiger charge is -2.02. The maximum Gasteiger partial charge on any atom is 0.159 e. The fraction of sp³-hybridized carbons (Fsp3) is 0.455. The quantitative estimate of drug-likeness (QED) is 0.823. The molecule has 2 aromatic rings. The molecule has 0 aliphatic heterocycles. The summed E-state index contributed by atoms with van der Waals surface area (Å²) in [7, 11) is 1.65. The summed E-state index contributed by atoms with van der Waals surface area (Å²) in [4.78, 5) is 4.36. The Hall–Kier alpha value is -1.58. The van der Waals surface area contributed by atoms with Gasteiger partial charge >= 0.3 is 0 Å². The van der Waals surface area contributed by atoms with Gasteiger partial charge in [-0.05, 0) is 6.42 Å². The Bertz CT molecular complexity index is 423. The molecule has 0 unspecified atom stereocenters. The number of pyridine rings is 1. The Morgan fingerprint density at radius 1 is 1.40 bits per heavy atom. The lowest BCUT2D eigenvalue weighted by atomic mass is 10.2. The van der Waals surface area contributed by atoms with Crippen LogP contribution in [0.2, 0.25) is 0 Å². The minimum atomic E-state index is 0.788. The molecule has 0 amide bonds. The molecule has 2 rings (SSSR count). The van der Waals surface area contributed by atoms with Crippen LogP contribution in [0.4, 0.5) is 0 Å². The van der Waals surface area contributed by atoms with Crippen molar-refractivity contribution in [2.45, 2.75) is 27.2 Å². The minimum absolute atomic E-state index is 0.788. The van der Waals surface area contributed by atoms with Gasteiger partial charge in [0, 0.05) is 11.8 Å². The standard InChI is InChI=1S/C9H11N3O.C2H6/c1-3-6-4-8(13-2)7-5-10-12-9(7)11-6;1-2/h4-5H,3H2,1-2H3,(H,10,11,12);1-2H3. The van der Waals surface area contributed by atoms with Gasteiger partial charge in [0.25, 0.3) is 0 Å². The van der Waals surface area contributed by atoms with E-state index >= 15 is 0 Å². The average Bonchev–Trinajstić information content (AvgIpc) is 2.78. The van der Waals surface area contributed by atoms with Crippen molar-refractivity contribution in [2.75, 3.05) is 7.11 Å². The van der Waals surface area contributed by atoms with Crippen LogP contribution in [0.3, 0.4) is 0 Å². The second-order valence-corrected chi connectivity index (χ2v) is 2.80. The first-order chi connectivity index (χ1) is 7.35. The van der Waals surface area contributed by atoms with Crippen LogP contribution in [0.25, 0.3) is 11.0 Å². The molecule has 0 aromatic carbocycles. The summed E-state index contributed by atoms with van der Waals surface area (Å²) in [6, 6.07) is 1.94. The van der Waals surface area contributed by atoms with E-state index in [-0.39, 0.29) is 0 Å². The summed E-state index contributed by atoms with van der Waals surface area (Å²) >= 11 is 0. The molecule has 1 N–H and O–H groups in total. The van der Waals surface area contributed by atoms with Gasteiger partial charge in [0.1, 0.15) is 5.75 Å². The highest BCUT2D eigenvalue weighted by atomic mass is 16.5. The summed E-state index contributed by atoms with van der Waals surface area (Å²) in [5.41, 5.74) is 1.80. The Morgan fingerprint density at radius 3 is 2.73 bits per heavy atom. The normalized spacial score (nSPS) is 9.60. The molecule has 0 saturated heterocycles. The van der Waals surface area contributed by atoms with Gasteiger partial charge in [-0.25, -0.2) is 4.98 Å². The molecular formula is C11H17N3O. The number of H-pyrrole nitrogens is 1. The molecule has 4 heteroatoms. The second kappa shape index (κ2) is 5.34. The van der Waals surface area contributed by atoms with Crippen LogP contribution in [0, 0.1) is 0 Å². The van der Waals surface area contributed by atoms with Crippen molar-refractivity contribution < 1.29 is 4.74 Å². The zero-order valence-electron chi connectivity index (χ0n) is 9.66. The third-order valence-electron chi connectivity index (χ3n) is 2.02. The molecule has 0 saturated carbocycles. The number of ether oxygens (including phenoxy) is 1. The molecule has 0 atom stereocenters. The van der Waals surface area contributed by atoms with Gasteiger partial charge in [-0.3, -0.25) is 5.10 Å². The van der Waals surface area contributed by atoms with Crippen LogP contribution < -0.4 is 4.74 Å². The number of aromatic nitrogens is 3. The van der Waals surface area contributed by atoms with E-state index in [1.165, 1.54) is 0 Å². The molecule has 4 nitrogen and oxygen atoms in total. The average molecular weight is 207 g/mol. The van der Waals surface area contributed by atoms with Crippen molar-refractivity contribution in [1.29, 1.82) is 0 Å². The van der Waals surface area contributed by atoms with E-state index in [0.717, 1.165) is 28.9 Å². The molecule has 0 bridgehead atoms. The first-order valence-electron chi connectivity index (χ1n) is 5.22. The molecule has 0 spiro atoms. The van der Waals surface area contributed by atoms with Gasteiger partial charge < -0.3 is 4.74 Å². The van der Waals surface area contributed by atoms with E-state index < -0.39 is 0 Å². The lowest BCUT2D eigenvalue weighted by molar-refractivity contribution is 0.419. The summed E-state index contributed by atoms with van der Waals surface area (Å²) in [6.07, 6.45) is 2.62. The SMILES string of the molecule is CC.CCc1cc(OC)c2cn[nH]c2n1. The van der Waals surface area contributed by atoms with Gasteiger partial charge in [-0.15, -0.1) is 0 Å². The lowest BCUT2D eigenvalue weighted by Crippen LogP contribution is -1.91. The Kier molecular flexibility index (Phi) is 4.09. The first-order valence-corrected chi connectivity index (χ1v) is 5.22. The molecule has 0 aliphatic rings.